The van der Waals surface area contributed by atoms with Gasteiger partial charge in [-0.2, -0.15) is 0 Å². The molecule has 1 atom stereocenters. The average molecular weight is 543 g/mol. The highest BCUT2D eigenvalue weighted by atomic mass is 16.6. The smallest absolute Gasteiger partial charge is 0.410 e. The highest BCUT2D eigenvalue weighted by Gasteiger charge is 2.35. The lowest BCUT2D eigenvalue weighted by atomic mass is 10.1. The van der Waals surface area contributed by atoms with E-state index in [1.165, 1.54) is 7.11 Å². The number of hydrogen-bond donors (Lipinski definition) is 0. The van der Waals surface area contributed by atoms with Crippen LogP contribution in [0.3, 0.4) is 0 Å². The zero-order valence-electron chi connectivity index (χ0n) is 23.3. The predicted octanol–water partition coefficient (Wildman–Crippen LogP) is 4.90. The first-order chi connectivity index (χ1) is 18.6. The Bertz CT molecular complexity index is 1120. The Kier molecular flexibility index (Phi) is 10.4. The number of rotatable bonds is 9. The summed E-state index contributed by atoms with van der Waals surface area (Å²) in [6.07, 6.45) is -0.462. The fraction of sp³-hybridized carbons (Fsp3) is 0.483. The van der Waals surface area contributed by atoms with Gasteiger partial charge in [0, 0.05) is 26.1 Å². The molecule has 0 bridgehead atoms. The minimum absolute atomic E-state index is 0.168. The highest BCUT2D eigenvalue weighted by Crippen LogP contribution is 2.29. The quantitative estimate of drug-likeness (QED) is 0.326. The topological polar surface area (TPSA) is 104 Å². The molecule has 0 aliphatic carbocycles. The van der Waals surface area contributed by atoms with E-state index in [0.717, 1.165) is 5.56 Å². The van der Waals surface area contributed by atoms with Gasteiger partial charge in [0.1, 0.15) is 12.2 Å². The number of esters is 1. The van der Waals surface area contributed by atoms with Crippen LogP contribution in [0, 0.1) is 0 Å². The second-order valence-electron chi connectivity index (χ2n) is 10.0. The van der Waals surface area contributed by atoms with Crippen molar-refractivity contribution < 1.29 is 38.1 Å². The van der Waals surface area contributed by atoms with Crippen LogP contribution >= 0.6 is 0 Å². The van der Waals surface area contributed by atoms with Crippen LogP contribution in [0.4, 0.5) is 9.59 Å². The van der Waals surface area contributed by atoms with Crippen LogP contribution in [0.15, 0.2) is 48.5 Å². The van der Waals surface area contributed by atoms with Gasteiger partial charge in [-0.25, -0.2) is 14.4 Å². The molecule has 10 nitrogen and oxygen atoms in total. The molecule has 0 radical (unpaired) electrons. The van der Waals surface area contributed by atoms with Gasteiger partial charge in [-0.3, -0.25) is 0 Å². The summed E-state index contributed by atoms with van der Waals surface area (Å²) in [7, 11) is 1.49. The second-order valence-corrected chi connectivity index (χ2v) is 10.0. The molecule has 10 heteroatoms. The van der Waals surface area contributed by atoms with Crippen molar-refractivity contribution in [3.63, 3.8) is 0 Å². The summed E-state index contributed by atoms with van der Waals surface area (Å²) in [5, 5.41) is 0. The molecule has 1 heterocycles. The molecule has 2 aromatic carbocycles. The maximum Gasteiger partial charge on any atom is 0.410 e. The van der Waals surface area contributed by atoms with E-state index in [1.54, 1.807) is 34.9 Å². The summed E-state index contributed by atoms with van der Waals surface area (Å²) in [4.78, 5) is 41.1. The molecular weight excluding hydrogens is 504 g/mol. The highest BCUT2D eigenvalue weighted by molar-refractivity contribution is 5.90. The lowest BCUT2D eigenvalue weighted by Crippen LogP contribution is -2.57. The van der Waals surface area contributed by atoms with E-state index in [-0.39, 0.29) is 32.4 Å². The van der Waals surface area contributed by atoms with E-state index in [2.05, 4.69) is 0 Å². The minimum atomic E-state index is -0.655. The van der Waals surface area contributed by atoms with Gasteiger partial charge in [-0.1, -0.05) is 30.3 Å². The average Bonchev–Trinajstić information content (AvgIpc) is 2.91. The molecular formula is C29H38N2O8. The van der Waals surface area contributed by atoms with Gasteiger partial charge in [0.2, 0.25) is 0 Å². The Morgan fingerprint density at radius 3 is 2.36 bits per heavy atom. The van der Waals surface area contributed by atoms with Crippen LogP contribution in [0.25, 0.3) is 0 Å². The Balaban J connectivity index is 1.66. The summed E-state index contributed by atoms with van der Waals surface area (Å²) in [6, 6.07) is 13.9. The number of benzene rings is 2. The summed E-state index contributed by atoms with van der Waals surface area (Å²) >= 11 is 0. The molecule has 1 saturated heterocycles. The van der Waals surface area contributed by atoms with E-state index in [9.17, 15) is 14.4 Å². The van der Waals surface area contributed by atoms with E-state index in [4.69, 9.17) is 23.7 Å². The van der Waals surface area contributed by atoms with Gasteiger partial charge < -0.3 is 33.5 Å². The molecule has 0 spiro atoms. The van der Waals surface area contributed by atoms with Gasteiger partial charge in [0.25, 0.3) is 0 Å². The number of nitrogens with zero attached hydrogens (tertiary/aromatic N) is 2. The number of amides is 2. The summed E-state index contributed by atoms with van der Waals surface area (Å²) in [5.41, 5.74) is 0.595. The maximum absolute atomic E-state index is 13.0. The van der Waals surface area contributed by atoms with Crippen LogP contribution < -0.4 is 9.47 Å². The molecule has 1 fully saturated rings. The van der Waals surface area contributed by atoms with Crippen LogP contribution in [-0.2, 0) is 20.8 Å². The van der Waals surface area contributed by atoms with Crippen LogP contribution in [0.2, 0.25) is 0 Å². The number of methoxy groups -OCH3 is 1. The number of hydrogen-bond acceptors (Lipinski definition) is 8. The third kappa shape index (κ3) is 8.80. The van der Waals surface area contributed by atoms with Crippen molar-refractivity contribution in [1.29, 1.82) is 0 Å². The van der Waals surface area contributed by atoms with E-state index in [1.807, 2.05) is 51.1 Å². The lowest BCUT2D eigenvalue weighted by molar-refractivity contribution is -0.00618. The normalized spacial score (nSPS) is 15.4. The third-order valence-corrected chi connectivity index (χ3v) is 5.96. The first kappa shape index (κ1) is 29.6. The van der Waals surface area contributed by atoms with E-state index in [0.29, 0.717) is 36.6 Å². The van der Waals surface area contributed by atoms with Gasteiger partial charge in [-0.15, -0.1) is 0 Å². The Labute approximate surface area is 229 Å². The SMILES string of the molecule is CCOC(=O)c1ccc(OCC[C@@H]2CN(C(=O)OCc3ccccc3)CCN2C(=O)OC(C)(C)C)c(OC)c1. The standard InChI is InChI=1S/C29H38N2O8/c1-6-36-26(32)22-12-13-24(25(18-22)35-5)37-17-14-23-19-30(15-16-31(23)28(34)39-29(2,3)4)27(33)38-20-21-10-8-7-9-11-21/h7-13,18,23H,6,14-17,19-20H2,1-5H3/t23-/m1/s1. The molecule has 0 N–H and O–H groups in total. The number of carbonyl (C=O) groups excluding carboxylic acids is 3. The second kappa shape index (κ2) is 13.7. The predicted molar refractivity (Wildman–Crippen MR) is 144 cm³/mol. The molecule has 2 amide bonds. The Morgan fingerprint density at radius 1 is 0.949 bits per heavy atom. The van der Waals surface area contributed by atoms with Gasteiger partial charge in [0.15, 0.2) is 11.5 Å². The summed E-state index contributed by atoms with van der Waals surface area (Å²) < 4.78 is 27.5. The monoisotopic (exact) mass is 542 g/mol. The van der Waals surface area contributed by atoms with Gasteiger partial charge >= 0.3 is 18.2 Å². The van der Waals surface area contributed by atoms with Crippen LogP contribution in [0.1, 0.15) is 50.0 Å². The number of carbonyl (C=O) groups is 3. The van der Waals surface area contributed by atoms with Crippen LogP contribution in [0.5, 0.6) is 11.5 Å². The fourth-order valence-corrected chi connectivity index (χ4v) is 4.07. The molecule has 0 unspecified atom stereocenters. The maximum atomic E-state index is 13.0. The Morgan fingerprint density at radius 2 is 1.69 bits per heavy atom. The molecule has 3 rings (SSSR count). The fourth-order valence-electron chi connectivity index (χ4n) is 4.07. The number of ether oxygens (including phenoxy) is 5. The van der Waals surface area contributed by atoms with Crippen molar-refractivity contribution in [3.8, 4) is 11.5 Å². The number of piperazine rings is 1. The lowest BCUT2D eigenvalue weighted by Gasteiger charge is -2.41. The zero-order valence-corrected chi connectivity index (χ0v) is 23.3. The van der Waals surface area contributed by atoms with Crippen molar-refractivity contribution in [2.75, 3.05) is 40.0 Å². The van der Waals surface area contributed by atoms with Crippen molar-refractivity contribution in [3.05, 3.63) is 59.7 Å². The van der Waals surface area contributed by atoms with Crippen molar-refractivity contribution >= 4 is 18.2 Å². The molecule has 2 aromatic rings. The summed E-state index contributed by atoms with van der Waals surface area (Å²) in [6.45, 7) is 8.74. The largest absolute Gasteiger partial charge is 0.493 e. The van der Waals surface area contributed by atoms with Gasteiger partial charge in [-0.05, 0) is 51.5 Å². The molecule has 212 valence electrons. The third-order valence-electron chi connectivity index (χ3n) is 5.96. The van der Waals surface area contributed by atoms with Crippen molar-refractivity contribution in [2.24, 2.45) is 0 Å². The minimum Gasteiger partial charge on any atom is -0.493 e. The first-order valence-corrected chi connectivity index (χ1v) is 13.0. The molecule has 1 aliphatic heterocycles. The van der Waals surface area contributed by atoms with E-state index < -0.39 is 23.8 Å². The molecule has 0 aromatic heterocycles. The van der Waals surface area contributed by atoms with Gasteiger partial charge in [0.05, 0.1) is 31.9 Å². The first-order valence-electron chi connectivity index (χ1n) is 13.0. The summed E-state index contributed by atoms with van der Waals surface area (Å²) in [5.74, 6) is 0.389. The Hall–Kier alpha value is -3.95. The zero-order chi connectivity index (χ0) is 28.4. The van der Waals surface area contributed by atoms with E-state index >= 15 is 0 Å². The van der Waals surface area contributed by atoms with Crippen molar-refractivity contribution in [1.82, 2.24) is 9.80 Å². The molecule has 39 heavy (non-hydrogen) atoms. The molecule has 1 aliphatic rings. The van der Waals surface area contributed by atoms with Crippen LogP contribution in [-0.4, -0.2) is 79.6 Å². The molecule has 0 saturated carbocycles. The van der Waals surface area contributed by atoms with Crippen molar-refractivity contribution in [2.45, 2.75) is 52.4 Å².